The molecule has 0 unspecified atom stereocenters. The maximum absolute atomic E-state index is 12.7. The molecule has 5 rings (SSSR count). The van der Waals surface area contributed by atoms with E-state index in [2.05, 4.69) is 26.0 Å². The largest absolute Gasteiger partial charge is 0.486 e. The summed E-state index contributed by atoms with van der Waals surface area (Å²) in [7, 11) is 0. The van der Waals surface area contributed by atoms with Gasteiger partial charge in [0.2, 0.25) is 4.96 Å². The molecule has 0 radical (unpaired) electrons. The molecule has 0 aliphatic rings. The van der Waals surface area contributed by atoms with Gasteiger partial charge in [0.05, 0.1) is 0 Å². The first-order chi connectivity index (χ1) is 14.7. The van der Waals surface area contributed by atoms with E-state index in [9.17, 15) is 4.79 Å². The molecule has 0 N–H and O–H groups in total. The Morgan fingerprint density at radius 2 is 1.87 bits per heavy atom. The van der Waals surface area contributed by atoms with Crippen LogP contribution in [0.2, 0.25) is 0 Å². The van der Waals surface area contributed by atoms with Gasteiger partial charge in [-0.25, -0.2) is 0 Å². The van der Waals surface area contributed by atoms with Crippen molar-refractivity contribution in [2.45, 2.75) is 6.61 Å². The summed E-state index contributed by atoms with van der Waals surface area (Å²) in [6, 6.07) is 21.0. The SMILES string of the molecule is O=c1c(=Cc2ccc(-c3ccccc3)o2)sc2nc(COc3ccc(Br)cc3)nn12. The highest BCUT2D eigenvalue weighted by molar-refractivity contribution is 9.10. The summed E-state index contributed by atoms with van der Waals surface area (Å²) in [5.41, 5.74) is 0.757. The van der Waals surface area contributed by atoms with Crippen LogP contribution in [0.25, 0.3) is 22.4 Å². The summed E-state index contributed by atoms with van der Waals surface area (Å²) in [6.07, 6.45) is 1.72. The van der Waals surface area contributed by atoms with Crippen LogP contribution >= 0.6 is 27.3 Å². The molecule has 0 saturated carbocycles. The molecule has 0 fully saturated rings. The predicted octanol–water partition coefficient (Wildman–Crippen LogP) is 4.30. The summed E-state index contributed by atoms with van der Waals surface area (Å²) in [4.78, 5) is 17.6. The molecule has 3 aromatic heterocycles. The Kier molecular flexibility index (Phi) is 4.94. The van der Waals surface area contributed by atoms with Crippen molar-refractivity contribution in [3.05, 3.63) is 97.7 Å². The number of hydrogen-bond acceptors (Lipinski definition) is 6. The van der Waals surface area contributed by atoms with Crippen molar-refractivity contribution in [1.29, 1.82) is 0 Å². The second kappa shape index (κ2) is 7.89. The van der Waals surface area contributed by atoms with Gasteiger partial charge in [0, 0.05) is 16.1 Å². The maximum atomic E-state index is 12.7. The van der Waals surface area contributed by atoms with E-state index in [4.69, 9.17) is 9.15 Å². The average molecular weight is 480 g/mol. The monoisotopic (exact) mass is 479 g/mol. The molecule has 0 aliphatic heterocycles. The Hall–Kier alpha value is -3.23. The smallest absolute Gasteiger partial charge is 0.291 e. The number of fused-ring (bicyclic) bond motifs is 1. The number of thiazole rings is 1. The van der Waals surface area contributed by atoms with E-state index in [0.717, 1.165) is 15.8 Å². The van der Waals surface area contributed by atoms with Gasteiger partial charge in [-0.2, -0.15) is 9.50 Å². The number of aromatic nitrogens is 3. The summed E-state index contributed by atoms with van der Waals surface area (Å²) in [6.45, 7) is 0.188. The van der Waals surface area contributed by atoms with E-state index < -0.39 is 0 Å². The summed E-state index contributed by atoms with van der Waals surface area (Å²) < 4.78 is 14.3. The predicted molar refractivity (Wildman–Crippen MR) is 119 cm³/mol. The van der Waals surface area contributed by atoms with Gasteiger partial charge in [-0.15, -0.1) is 5.10 Å². The molecule has 0 aliphatic carbocycles. The van der Waals surface area contributed by atoms with Crippen LogP contribution in [0.5, 0.6) is 5.75 Å². The van der Waals surface area contributed by atoms with E-state index >= 15 is 0 Å². The summed E-state index contributed by atoms with van der Waals surface area (Å²) >= 11 is 4.65. The molecule has 6 nitrogen and oxygen atoms in total. The van der Waals surface area contributed by atoms with Crippen LogP contribution in [-0.2, 0) is 6.61 Å². The number of rotatable bonds is 5. The van der Waals surface area contributed by atoms with Crippen LogP contribution in [0.3, 0.4) is 0 Å². The quantitative estimate of drug-likeness (QED) is 0.375. The minimum atomic E-state index is -0.227. The number of nitrogens with zero attached hydrogens (tertiary/aromatic N) is 3. The number of ether oxygens (including phenoxy) is 1. The van der Waals surface area contributed by atoms with Crippen LogP contribution in [-0.4, -0.2) is 14.6 Å². The van der Waals surface area contributed by atoms with E-state index in [0.29, 0.717) is 26.8 Å². The topological polar surface area (TPSA) is 69.6 Å². The first-order valence-corrected chi connectivity index (χ1v) is 10.7. The van der Waals surface area contributed by atoms with Crippen molar-refractivity contribution in [3.8, 4) is 17.1 Å². The third-order valence-electron chi connectivity index (χ3n) is 4.37. The third-order valence-corrected chi connectivity index (χ3v) is 5.85. The zero-order valence-corrected chi connectivity index (χ0v) is 17.9. The van der Waals surface area contributed by atoms with Gasteiger partial charge in [0.25, 0.3) is 5.56 Å². The normalized spacial score (nSPS) is 12.0. The van der Waals surface area contributed by atoms with Crippen LogP contribution in [0.15, 0.2) is 80.4 Å². The van der Waals surface area contributed by atoms with E-state index in [-0.39, 0.29) is 12.2 Å². The summed E-state index contributed by atoms with van der Waals surface area (Å²) in [5.74, 6) is 2.52. The molecule has 0 amide bonds. The molecular formula is C22H14BrN3O3S. The van der Waals surface area contributed by atoms with Gasteiger partial charge in [-0.05, 0) is 36.4 Å². The standard InChI is InChI=1S/C22H14BrN3O3S/c23-15-6-8-16(9-7-15)28-13-20-24-22-26(25-20)21(27)19(30-22)12-17-10-11-18(29-17)14-4-2-1-3-5-14/h1-12H,13H2. The lowest BCUT2D eigenvalue weighted by Crippen LogP contribution is -2.23. The highest BCUT2D eigenvalue weighted by Crippen LogP contribution is 2.22. The van der Waals surface area contributed by atoms with E-state index in [1.165, 1.54) is 15.9 Å². The van der Waals surface area contributed by atoms with Crippen LogP contribution < -0.4 is 14.8 Å². The lowest BCUT2D eigenvalue weighted by atomic mass is 10.2. The maximum Gasteiger partial charge on any atom is 0.291 e. The fourth-order valence-corrected chi connectivity index (χ4v) is 4.10. The molecule has 0 bridgehead atoms. The molecule has 0 atom stereocenters. The van der Waals surface area contributed by atoms with E-state index in [1.54, 1.807) is 6.08 Å². The lowest BCUT2D eigenvalue weighted by Gasteiger charge is -2.02. The van der Waals surface area contributed by atoms with Gasteiger partial charge in [0.1, 0.15) is 28.4 Å². The zero-order valence-electron chi connectivity index (χ0n) is 15.5. The zero-order chi connectivity index (χ0) is 20.5. The lowest BCUT2D eigenvalue weighted by molar-refractivity contribution is 0.296. The summed E-state index contributed by atoms with van der Waals surface area (Å²) in [5, 5.41) is 4.28. The fourth-order valence-electron chi connectivity index (χ4n) is 2.93. The molecule has 148 valence electrons. The van der Waals surface area contributed by atoms with Crippen molar-refractivity contribution in [1.82, 2.24) is 14.6 Å². The number of hydrogen-bond donors (Lipinski definition) is 0. The van der Waals surface area contributed by atoms with Crippen molar-refractivity contribution >= 4 is 38.3 Å². The molecule has 0 saturated heterocycles. The molecule has 2 aromatic carbocycles. The highest BCUT2D eigenvalue weighted by Gasteiger charge is 2.12. The molecular weight excluding hydrogens is 466 g/mol. The first kappa shape index (κ1) is 18.8. The van der Waals surface area contributed by atoms with E-state index in [1.807, 2.05) is 66.7 Å². The van der Waals surface area contributed by atoms with Crippen LogP contribution in [0, 0.1) is 0 Å². The first-order valence-electron chi connectivity index (χ1n) is 9.09. The van der Waals surface area contributed by atoms with Crippen LogP contribution in [0.1, 0.15) is 11.6 Å². The minimum Gasteiger partial charge on any atom is -0.486 e. The van der Waals surface area contributed by atoms with Gasteiger partial charge in [-0.3, -0.25) is 4.79 Å². The van der Waals surface area contributed by atoms with Crippen molar-refractivity contribution in [2.75, 3.05) is 0 Å². The molecule has 0 spiro atoms. The van der Waals surface area contributed by atoms with Crippen LogP contribution in [0.4, 0.5) is 0 Å². The molecule has 30 heavy (non-hydrogen) atoms. The Balaban J connectivity index is 1.38. The van der Waals surface area contributed by atoms with Crippen molar-refractivity contribution < 1.29 is 9.15 Å². The Morgan fingerprint density at radius 1 is 1.07 bits per heavy atom. The van der Waals surface area contributed by atoms with Gasteiger partial charge < -0.3 is 9.15 Å². The number of furan rings is 1. The fraction of sp³-hybridized carbons (Fsp3) is 0.0455. The van der Waals surface area contributed by atoms with Gasteiger partial charge in [0.15, 0.2) is 5.82 Å². The molecule has 8 heteroatoms. The Labute approximate surface area is 183 Å². The third kappa shape index (κ3) is 3.79. The highest BCUT2D eigenvalue weighted by atomic mass is 79.9. The van der Waals surface area contributed by atoms with Crippen molar-refractivity contribution in [3.63, 3.8) is 0 Å². The molecule has 3 heterocycles. The number of halogens is 1. The molecule has 5 aromatic rings. The minimum absolute atomic E-state index is 0.188. The van der Waals surface area contributed by atoms with Gasteiger partial charge >= 0.3 is 0 Å². The second-order valence-electron chi connectivity index (χ2n) is 6.45. The van der Waals surface area contributed by atoms with Crippen molar-refractivity contribution in [2.24, 2.45) is 0 Å². The van der Waals surface area contributed by atoms with Gasteiger partial charge in [-0.1, -0.05) is 57.6 Å². The average Bonchev–Trinajstić information content (AvgIpc) is 3.46. The Bertz CT molecular complexity index is 1420. The Morgan fingerprint density at radius 3 is 2.63 bits per heavy atom. The second-order valence-corrected chi connectivity index (χ2v) is 8.37. The number of benzene rings is 2.